The number of nitrogens with one attached hydrogen (secondary N) is 1. The number of fused-ring (bicyclic) bond motifs is 1. The van der Waals surface area contributed by atoms with Crippen molar-refractivity contribution >= 4 is 33.8 Å². The number of rotatable bonds is 5. The van der Waals surface area contributed by atoms with Gasteiger partial charge in [-0.2, -0.15) is 0 Å². The van der Waals surface area contributed by atoms with E-state index in [-0.39, 0.29) is 18.4 Å². The van der Waals surface area contributed by atoms with Gasteiger partial charge in [0.2, 0.25) is 0 Å². The van der Waals surface area contributed by atoms with Crippen molar-refractivity contribution in [3.05, 3.63) is 69.7 Å². The number of hydrogen-bond acceptors (Lipinski definition) is 4. The lowest BCUT2D eigenvalue weighted by molar-refractivity contribution is 0.0468. The lowest BCUT2D eigenvalue weighted by Gasteiger charge is -2.26. The van der Waals surface area contributed by atoms with E-state index in [1.807, 2.05) is 24.3 Å². The van der Waals surface area contributed by atoms with E-state index in [0.717, 1.165) is 10.0 Å². The Hall–Kier alpha value is -2.67. The van der Waals surface area contributed by atoms with Crippen molar-refractivity contribution in [1.82, 2.24) is 10.2 Å². The number of alkyl carbamates (subject to hydrolysis) is 1. The van der Waals surface area contributed by atoms with Crippen LogP contribution >= 0.6 is 15.9 Å². The largest absolute Gasteiger partial charge is 0.444 e. The SMILES string of the molecule is CC(C)(C)OC(=O)NC(Cc1ccc(Br)cc1)CN1C(=O)c2ccccc2C1=O. The molecule has 0 aliphatic carbocycles. The minimum atomic E-state index is -0.651. The zero-order chi connectivity index (χ0) is 21.2. The Bertz CT molecular complexity index is 900. The zero-order valence-electron chi connectivity index (χ0n) is 16.6. The van der Waals surface area contributed by atoms with Crippen LogP contribution in [-0.2, 0) is 11.2 Å². The molecular weight excluding hydrogens is 436 g/mol. The Balaban J connectivity index is 1.79. The van der Waals surface area contributed by atoms with Crippen molar-refractivity contribution in [3.8, 4) is 0 Å². The monoisotopic (exact) mass is 458 g/mol. The van der Waals surface area contributed by atoms with Crippen LogP contribution in [0.1, 0.15) is 47.1 Å². The smallest absolute Gasteiger partial charge is 0.407 e. The highest BCUT2D eigenvalue weighted by molar-refractivity contribution is 9.10. The quantitative estimate of drug-likeness (QED) is 0.681. The molecule has 29 heavy (non-hydrogen) atoms. The molecule has 1 aliphatic heterocycles. The summed E-state index contributed by atoms with van der Waals surface area (Å²) in [5.74, 6) is -0.699. The predicted octanol–water partition coefficient (Wildman–Crippen LogP) is 4.18. The fraction of sp³-hybridized carbons (Fsp3) is 0.318. The number of ether oxygens (including phenoxy) is 1. The number of carbonyl (C=O) groups is 3. The molecule has 6 nitrogen and oxygen atoms in total. The van der Waals surface area contributed by atoms with Gasteiger partial charge in [-0.15, -0.1) is 0 Å². The Morgan fingerprint density at radius 2 is 1.59 bits per heavy atom. The van der Waals surface area contributed by atoms with Crippen LogP contribution in [-0.4, -0.2) is 41.0 Å². The molecule has 0 aromatic heterocycles. The van der Waals surface area contributed by atoms with Gasteiger partial charge in [0.05, 0.1) is 23.7 Å². The van der Waals surface area contributed by atoms with Crippen LogP contribution in [0, 0.1) is 0 Å². The fourth-order valence-electron chi connectivity index (χ4n) is 3.17. The summed E-state index contributed by atoms with van der Waals surface area (Å²) in [6.45, 7) is 5.39. The first-order valence-corrected chi connectivity index (χ1v) is 10.1. The van der Waals surface area contributed by atoms with Gasteiger partial charge >= 0.3 is 6.09 Å². The summed E-state index contributed by atoms with van der Waals surface area (Å²) in [6, 6.07) is 13.9. The van der Waals surface area contributed by atoms with E-state index in [1.54, 1.807) is 45.0 Å². The summed E-state index contributed by atoms with van der Waals surface area (Å²) >= 11 is 3.40. The molecule has 2 aromatic carbocycles. The van der Waals surface area contributed by atoms with Crippen molar-refractivity contribution < 1.29 is 19.1 Å². The van der Waals surface area contributed by atoms with Gasteiger partial charge in [0.1, 0.15) is 5.60 Å². The normalized spacial score (nSPS) is 14.6. The van der Waals surface area contributed by atoms with Gasteiger partial charge in [-0.3, -0.25) is 14.5 Å². The molecule has 3 rings (SSSR count). The number of carbonyl (C=O) groups excluding carboxylic acids is 3. The van der Waals surface area contributed by atoms with Crippen molar-refractivity contribution in [2.24, 2.45) is 0 Å². The molecule has 0 radical (unpaired) electrons. The summed E-state index contributed by atoms with van der Waals surface area (Å²) in [7, 11) is 0. The van der Waals surface area contributed by atoms with Crippen LogP contribution in [0.25, 0.3) is 0 Å². The van der Waals surface area contributed by atoms with Crippen LogP contribution in [0.15, 0.2) is 53.0 Å². The second kappa shape index (κ2) is 8.37. The Morgan fingerprint density at radius 1 is 1.03 bits per heavy atom. The van der Waals surface area contributed by atoms with Gasteiger partial charge in [0.15, 0.2) is 0 Å². The van der Waals surface area contributed by atoms with Crippen molar-refractivity contribution in [2.45, 2.75) is 38.8 Å². The Morgan fingerprint density at radius 3 is 2.10 bits per heavy atom. The first-order chi connectivity index (χ1) is 13.6. The van der Waals surface area contributed by atoms with E-state index in [1.165, 1.54) is 4.90 Å². The number of nitrogens with zero attached hydrogens (tertiary/aromatic N) is 1. The van der Waals surface area contributed by atoms with Gasteiger partial charge in [-0.1, -0.05) is 40.2 Å². The third-order valence-electron chi connectivity index (χ3n) is 4.40. The molecular formula is C22H23BrN2O4. The molecule has 0 fully saturated rings. The van der Waals surface area contributed by atoms with Crippen LogP contribution < -0.4 is 5.32 Å². The summed E-state index contributed by atoms with van der Waals surface area (Å²) in [5, 5.41) is 2.81. The van der Waals surface area contributed by atoms with E-state index in [0.29, 0.717) is 17.5 Å². The molecule has 0 saturated heterocycles. The van der Waals surface area contributed by atoms with Crippen LogP contribution in [0.4, 0.5) is 4.79 Å². The molecule has 1 N–H and O–H groups in total. The van der Waals surface area contributed by atoms with E-state index in [9.17, 15) is 14.4 Å². The molecule has 7 heteroatoms. The number of halogens is 1. The first-order valence-electron chi connectivity index (χ1n) is 9.33. The second-order valence-corrected chi connectivity index (χ2v) is 8.86. The molecule has 1 atom stereocenters. The van der Waals surface area contributed by atoms with E-state index >= 15 is 0 Å². The van der Waals surface area contributed by atoms with Crippen LogP contribution in [0.3, 0.4) is 0 Å². The van der Waals surface area contributed by atoms with E-state index in [4.69, 9.17) is 4.74 Å². The van der Waals surface area contributed by atoms with E-state index in [2.05, 4.69) is 21.2 Å². The number of hydrogen-bond donors (Lipinski definition) is 1. The molecule has 1 aliphatic rings. The fourth-order valence-corrected chi connectivity index (χ4v) is 3.43. The molecule has 3 amide bonds. The summed E-state index contributed by atoms with van der Waals surface area (Å²) < 4.78 is 6.30. The van der Waals surface area contributed by atoms with Crippen molar-refractivity contribution in [2.75, 3.05) is 6.54 Å². The van der Waals surface area contributed by atoms with Gasteiger partial charge in [-0.25, -0.2) is 4.79 Å². The Kier molecular flexibility index (Phi) is 6.07. The maximum atomic E-state index is 12.7. The highest BCUT2D eigenvalue weighted by Crippen LogP contribution is 2.23. The number of imide groups is 1. The number of benzene rings is 2. The minimum absolute atomic E-state index is 0.0572. The van der Waals surface area contributed by atoms with Crippen molar-refractivity contribution in [1.29, 1.82) is 0 Å². The number of amides is 3. The van der Waals surface area contributed by atoms with Crippen LogP contribution in [0.5, 0.6) is 0 Å². The Labute approximate surface area is 178 Å². The average Bonchev–Trinajstić information content (AvgIpc) is 2.87. The molecule has 0 bridgehead atoms. The second-order valence-electron chi connectivity index (χ2n) is 7.94. The topological polar surface area (TPSA) is 75.7 Å². The first kappa shape index (κ1) is 21.0. The average molecular weight is 459 g/mol. The van der Waals surface area contributed by atoms with E-state index < -0.39 is 17.7 Å². The minimum Gasteiger partial charge on any atom is -0.444 e. The highest BCUT2D eigenvalue weighted by Gasteiger charge is 2.36. The van der Waals surface area contributed by atoms with Crippen LogP contribution in [0.2, 0.25) is 0 Å². The standard InChI is InChI=1S/C22H23BrN2O4/c1-22(2,3)29-21(28)24-16(12-14-8-10-15(23)11-9-14)13-25-19(26)17-6-4-5-7-18(17)20(25)27/h4-11,16H,12-13H2,1-3H3,(H,24,28). The van der Waals surface area contributed by atoms with Gasteiger partial charge < -0.3 is 10.1 Å². The summed E-state index contributed by atoms with van der Waals surface area (Å²) in [5.41, 5.74) is 1.09. The molecule has 152 valence electrons. The lowest BCUT2D eigenvalue weighted by Crippen LogP contribution is -2.48. The predicted molar refractivity (Wildman–Crippen MR) is 113 cm³/mol. The third-order valence-corrected chi connectivity index (χ3v) is 4.93. The van der Waals surface area contributed by atoms with Gasteiger partial charge in [0.25, 0.3) is 11.8 Å². The molecule has 2 aromatic rings. The highest BCUT2D eigenvalue weighted by atomic mass is 79.9. The lowest BCUT2D eigenvalue weighted by atomic mass is 10.1. The molecule has 1 unspecified atom stereocenters. The molecule has 0 saturated carbocycles. The molecule has 1 heterocycles. The van der Waals surface area contributed by atoms with Gasteiger partial charge in [-0.05, 0) is 57.0 Å². The summed E-state index contributed by atoms with van der Waals surface area (Å²) in [6.07, 6.45) is -0.142. The summed E-state index contributed by atoms with van der Waals surface area (Å²) in [4.78, 5) is 38.9. The maximum absolute atomic E-state index is 12.7. The van der Waals surface area contributed by atoms with Crippen molar-refractivity contribution in [3.63, 3.8) is 0 Å². The third kappa shape index (κ3) is 5.23. The molecule has 0 spiro atoms. The maximum Gasteiger partial charge on any atom is 0.407 e. The van der Waals surface area contributed by atoms with Gasteiger partial charge in [0, 0.05) is 4.47 Å². The zero-order valence-corrected chi connectivity index (χ0v) is 18.2.